The Morgan fingerprint density at radius 1 is 1.20 bits per heavy atom. The number of hydrogen-bond donors (Lipinski definition) is 1. The Morgan fingerprint density at radius 2 is 1.95 bits per heavy atom. The van der Waals surface area contributed by atoms with Crippen LogP contribution >= 0.6 is 0 Å². The van der Waals surface area contributed by atoms with E-state index in [4.69, 9.17) is 4.42 Å². The summed E-state index contributed by atoms with van der Waals surface area (Å²) in [6.45, 7) is 0. The van der Waals surface area contributed by atoms with Gasteiger partial charge in [0.1, 0.15) is 5.76 Å². The first-order chi connectivity index (χ1) is 9.69. The Bertz CT molecular complexity index is 612. The molecular weight excluding hydrogens is 258 g/mol. The number of esters is 1. The van der Waals surface area contributed by atoms with Crippen LogP contribution in [0.25, 0.3) is 6.08 Å². The van der Waals surface area contributed by atoms with Crippen LogP contribution in [-0.4, -0.2) is 19.0 Å². The lowest BCUT2D eigenvalue weighted by Gasteiger charge is -2.03. The lowest BCUT2D eigenvalue weighted by molar-refractivity contribution is -0.111. The monoisotopic (exact) mass is 271 g/mol. The third kappa shape index (κ3) is 3.58. The smallest absolute Gasteiger partial charge is 0.337 e. The van der Waals surface area contributed by atoms with Crippen molar-refractivity contribution < 1.29 is 18.7 Å². The van der Waals surface area contributed by atoms with Gasteiger partial charge in [0.2, 0.25) is 5.91 Å². The number of rotatable bonds is 4. The number of benzene rings is 1. The van der Waals surface area contributed by atoms with E-state index in [0.29, 0.717) is 17.0 Å². The molecule has 1 aromatic heterocycles. The van der Waals surface area contributed by atoms with Crippen molar-refractivity contribution in [3.05, 3.63) is 60.1 Å². The number of furan rings is 1. The summed E-state index contributed by atoms with van der Waals surface area (Å²) in [5.41, 5.74) is 1.02. The fraction of sp³-hybridized carbons (Fsp3) is 0.0667. The molecule has 2 rings (SSSR count). The van der Waals surface area contributed by atoms with Crippen molar-refractivity contribution in [2.24, 2.45) is 0 Å². The predicted octanol–water partition coefficient (Wildman–Crippen LogP) is 2.72. The average molecular weight is 271 g/mol. The Hall–Kier alpha value is -2.82. The van der Waals surface area contributed by atoms with E-state index in [9.17, 15) is 9.59 Å². The predicted molar refractivity (Wildman–Crippen MR) is 74.2 cm³/mol. The molecule has 20 heavy (non-hydrogen) atoms. The van der Waals surface area contributed by atoms with Gasteiger partial charge in [0, 0.05) is 11.8 Å². The SMILES string of the molecule is COC(=O)c1ccc(NC(=O)/C=C/c2ccco2)cc1. The van der Waals surface area contributed by atoms with Crippen molar-refractivity contribution in [2.75, 3.05) is 12.4 Å². The van der Waals surface area contributed by atoms with Crippen molar-refractivity contribution in [1.29, 1.82) is 0 Å². The molecule has 2 aromatic rings. The molecule has 0 unspecified atom stereocenters. The molecule has 0 saturated heterocycles. The van der Waals surface area contributed by atoms with Crippen LogP contribution < -0.4 is 5.32 Å². The highest BCUT2D eigenvalue weighted by atomic mass is 16.5. The largest absolute Gasteiger partial charge is 0.465 e. The molecule has 1 aromatic carbocycles. The second kappa shape index (κ2) is 6.38. The van der Waals surface area contributed by atoms with Gasteiger partial charge in [-0.25, -0.2) is 4.79 Å². The fourth-order valence-corrected chi connectivity index (χ4v) is 1.54. The van der Waals surface area contributed by atoms with Crippen LogP contribution in [0.3, 0.4) is 0 Å². The normalized spacial score (nSPS) is 10.4. The minimum Gasteiger partial charge on any atom is -0.465 e. The standard InChI is InChI=1S/C15H13NO4/c1-19-15(18)11-4-6-12(7-5-11)16-14(17)9-8-13-3-2-10-20-13/h2-10H,1H3,(H,16,17)/b9-8+. The lowest BCUT2D eigenvalue weighted by atomic mass is 10.2. The lowest BCUT2D eigenvalue weighted by Crippen LogP contribution is -2.08. The Morgan fingerprint density at radius 3 is 2.55 bits per heavy atom. The summed E-state index contributed by atoms with van der Waals surface area (Å²) < 4.78 is 9.66. The van der Waals surface area contributed by atoms with Gasteiger partial charge in [-0.15, -0.1) is 0 Å². The van der Waals surface area contributed by atoms with Crippen molar-refractivity contribution in [1.82, 2.24) is 0 Å². The topological polar surface area (TPSA) is 68.5 Å². The molecule has 0 atom stereocenters. The molecule has 0 bridgehead atoms. The van der Waals surface area contributed by atoms with Gasteiger partial charge in [0.25, 0.3) is 0 Å². The van der Waals surface area contributed by atoms with Crippen molar-refractivity contribution in [3.8, 4) is 0 Å². The molecule has 1 amide bonds. The Labute approximate surface area is 115 Å². The van der Waals surface area contributed by atoms with E-state index in [0.717, 1.165) is 0 Å². The van der Waals surface area contributed by atoms with E-state index in [1.807, 2.05) is 0 Å². The van der Waals surface area contributed by atoms with Crippen molar-refractivity contribution >= 4 is 23.6 Å². The molecule has 5 nitrogen and oxygen atoms in total. The first-order valence-corrected chi connectivity index (χ1v) is 5.90. The molecule has 0 spiro atoms. The van der Waals surface area contributed by atoms with Gasteiger partial charge in [-0.2, -0.15) is 0 Å². The number of amides is 1. The highest BCUT2D eigenvalue weighted by Crippen LogP contribution is 2.11. The quantitative estimate of drug-likeness (QED) is 0.685. The molecule has 0 aliphatic rings. The zero-order valence-electron chi connectivity index (χ0n) is 10.8. The molecule has 1 N–H and O–H groups in total. The van der Waals surface area contributed by atoms with Crippen LogP contribution in [0.1, 0.15) is 16.1 Å². The third-order valence-electron chi connectivity index (χ3n) is 2.52. The Balaban J connectivity index is 1.96. The number of anilines is 1. The summed E-state index contributed by atoms with van der Waals surface area (Å²) in [4.78, 5) is 22.9. The molecule has 102 valence electrons. The van der Waals surface area contributed by atoms with Gasteiger partial charge in [-0.1, -0.05) is 0 Å². The molecule has 1 heterocycles. The van der Waals surface area contributed by atoms with Crippen LogP contribution in [-0.2, 0) is 9.53 Å². The summed E-state index contributed by atoms with van der Waals surface area (Å²) >= 11 is 0. The first kappa shape index (κ1) is 13.6. The van der Waals surface area contributed by atoms with E-state index >= 15 is 0 Å². The fourth-order valence-electron chi connectivity index (χ4n) is 1.54. The van der Waals surface area contributed by atoms with E-state index in [1.165, 1.54) is 19.4 Å². The highest BCUT2D eigenvalue weighted by molar-refractivity contribution is 6.02. The summed E-state index contributed by atoms with van der Waals surface area (Å²) in [5, 5.41) is 2.67. The molecule has 0 aliphatic heterocycles. The zero-order valence-corrected chi connectivity index (χ0v) is 10.8. The van der Waals surface area contributed by atoms with Gasteiger partial charge in [0.15, 0.2) is 0 Å². The van der Waals surface area contributed by atoms with Crippen LogP contribution in [0.2, 0.25) is 0 Å². The van der Waals surface area contributed by atoms with Gasteiger partial charge in [-0.3, -0.25) is 4.79 Å². The van der Waals surface area contributed by atoms with Gasteiger partial charge in [0.05, 0.1) is 18.9 Å². The van der Waals surface area contributed by atoms with Gasteiger partial charge in [-0.05, 0) is 42.5 Å². The van der Waals surface area contributed by atoms with E-state index in [1.54, 1.807) is 42.5 Å². The van der Waals surface area contributed by atoms with Crippen LogP contribution in [0.4, 0.5) is 5.69 Å². The van der Waals surface area contributed by atoms with Crippen molar-refractivity contribution in [3.63, 3.8) is 0 Å². The number of methoxy groups -OCH3 is 1. The highest BCUT2D eigenvalue weighted by Gasteiger charge is 2.05. The first-order valence-electron chi connectivity index (χ1n) is 5.90. The molecule has 0 saturated carbocycles. The summed E-state index contributed by atoms with van der Waals surface area (Å²) in [7, 11) is 1.32. The number of carbonyl (C=O) groups is 2. The molecule has 0 aliphatic carbocycles. The van der Waals surface area contributed by atoms with E-state index in [2.05, 4.69) is 10.1 Å². The zero-order chi connectivity index (χ0) is 14.4. The summed E-state index contributed by atoms with van der Waals surface area (Å²) in [5.74, 6) is -0.103. The Kier molecular flexibility index (Phi) is 4.34. The number of nitrogens with one attached hydrogen (secondary N) is 1. The summed E-state index contributed by atoms with van der Waals surface area (Å²) in [6.07, 6.45) is 4.47. The van der Waals surface area contributed by atoms with Crippen LogP contribution in [0.5, 0.6) is 0 Å². The number of ether oxygens (including phenoxy) is 1. The van der Waals surface area contributed by atoms with Crippen LogP contribution in [0, 0.1) is 0 Å². The molecule has 0 radical (unpaired) electrons. The molecular formula is C15H13NO4. The minimum atomic E-state index is -0.416. The van der Waals surface area contributed by atoms with Gasteiger partial charge >= 0.3 is 5.97 Å². The summed E-state index contributed by atoms with van der Waals surface area (Å²) in [6, 6.07) is 9.91. The maximum Gasteiger partial charge on any atom is 0.337 e. The van der Waals surface area contributed by atoms with Gasteiger partial charge < -0.3 is 14.5 Å². The minimum absolute atomic E-state index is 0.285. The van der Waals surface area contributed by atoms with Crippen LogP contribution in [0.15, 0.2) is 53.2 Å². The second-order valence-corrected chi connectivity index (χ2v) is 3.91. The molecule has 5 heteroatoms. The van der Waals surface area contributed by atoms with Crippen molar-refractivity contribution in [2.45, 2.75) is 0 Å². The second-order valence-electron chi connectivity index (χ2n) is 3.91. The number of carbonyl (C=O) groups excluding carboxylic acids is 2. The third-order valence-corrected chi connectivity index (χ3v) is 2.52. The average Bonchev–Trinajstić information content (AvgIpc) is 2.98. The maximum atomic E-state index is 11.7. The molecule has 0 fully saturated rings. The van der Waals surface area contributed by atoms with E-state index in [-0.39, 0.29) is 5.91 Å². The number of hydrogen-bond acceptors (Lipinski definition) is 4. The maximum absolute atomic E-state index is 11.7. The van der Waals surface area contributed by atoms with E-state index < -0.39 is 5.97 Å².